The number of hydrogen-bond acceptors (Lipinski definition) is 5. The normalized spacial score (nSPS) is 11.2. The van der Waals surface area contributed by atoms with Gasteiger partial charge in [-0.1, -0.05) is 91.0 Å². The molecule has 0 aliphatic rings. The minimum Gasteiger partial charge on any atom is -0.265 e. The van der Waals surface area contributed by atoms with Crippen LogP contribution in [0, 0.1) is 0 Å². The summed E-state index contributed by atoms with van der Waals surface area (Å²) in [5.41, 5.74) is 7.07. The van der Waals surface area contributed by atoms with E-state index in [1.807, 2.05) is 79.0 Å². The van der Waals surface area contributed by atoms with Crippen molar-refractivity contribution >= 4 is 21.5 Å². The van der Waals surface area contributed by atoms with E-state index in [9.17, 15) is 0 Å². The van der Waals surface area contributed by atoms with Gasteiger partial charge >= 0.3 is 0 Å². The minimum absolute atomic E-state index is 0.651. The molecule has 0 N–H and O–H groups in total. The molecule has 0 fully saturated rings. The summed E-state index contributed by atoms with van der Waals surface area (Å²) in [6, 6.07) is 45.7. The highest BCUT2D eigenvalue weighted by Crippen LogP contribution is 2.31. The van der Waals surface area contributed by atoms with E-state index >= 15 is 0 Å². The second-order valence-electron chi connectivity index (χ2n) is 10.7. The third-order valence-electron chi connectivity index (χ3n) is 7.83. The highest BCUT2D eigenvalue weighted by Gasteiger charge is 2.13. The van der Waals surface area contributed by atoms with Crippen molar-refractivity contribution in [3.63, 3.8) is 0 Å². The molecule has 0 saturated heterocycles. The SMILES string of the molecule is c1ccc(-c2nc(-c3ccccc3)nc(-c3ccc4cc5cc(-c6ccc(-c7ccncc7)nc6)ccc5cc4c3)n2)cc1. The maximum atomic E-state index is 4.91. The lowest BCUT2D eigenvalue weighted by Gasteiger charge is -2.10. The quantitative estimate of drug-likeness (QED) is 0.195. The molecular weight excluding hydrogens is 538 g/mol. The molecule has 206 valence electrons. The first-order valence-electron chi connectivity index (χ1n) is 14.5. The standard InChI is InChI=1S/C39H25N5/c1-3-7-27(8-4-1)37-42-38(28-9-5-2-6-10-28)44-39(43-37)32-14-13-31-22-34-21-29(11-12-30(34)23-35(31)24-32)33-15-16-36(41-25-33)26-17-19-40-20-18-26/h1-25H. The number of hydrogen-bond donors (Lipinski definition) is 0. The molecule has 8 aromatic rings. The zero-order valence-electron chi connectivity index (χ0n) is 23.7. The van der Waals surface area contributed by atoms with Crippen LogP contribution in [0.3, 0.4) is 0 Å². The van der Waals surface area contributed by atoms with Crippen molar-refractivity contribution in [2.75, 3.05) is 0 Å². The molecular formula is C39H25N5. The number of rotatable bonds is 5. The summed E-state index contributed by atoms with van der Waals surface area (Å²) >= 11 is 0. The average molecular weight is 564 g/mol. The van der Waals surface area contributed by atoms with Gasteiger partial charge in [-0.05, 0) is 69.6 Å². The second kappa shape index (κ2) is 11.0. The molecule has 0 atom stereocenters. The Hall–Kier alpha value is -6.07. The minimum atomic E-state index is 0.651. The van der Waals surface area contributed by atoms with Crippen LogP contribution in [0.5, 0.6) is 0 Å². The smallest absolute Gasteiger partial charge is 0.164 e. The monoisotopic (exact) mass is 563 g/mol. The highest BCUT2D eigenvalue weighted by atomic mass is 15.0. The van der Waals surface area contributed by atoms with Gasteiger partial charge in [-0.25, -0.2) is 15.0 Å². The van der Waals surface area contributed by atoms with Gasteiger partial charge in [0.1, 0.15) is 0 Å². The lowest BCUT2D eigenvalue weighted by molar-refractivity contribution is 1.07. The third kappa shape index (κ3) is 4.97. The van der Waals surface area contributed by atoms with E-state index in [0.717, 1.165) is 49.8 Å². The number of pyridine rings is 2. The molecule has 0 spiro atoms. The zero-order chi connectivity index (χ0) is 29.3. The lowest BCUT2D eigenvalue weighted by atomic mass is 9.98. The van der Waals surface area contributed by atoms with Crippen molar-refractivity contribution in [3.8, 4) is 56.5 Å². The van der Waals surface area contributed by atoms with Crippen molar-refractivity contribution < 1.29 is 0 Å². The van der Waals surface area contributed by atoms with E-state index in [1.54, 1.807) is 12.4 Å². The number of fused-ring (bicyclic) bond motifs is 2. The van der Waals surface area contributed by atoms with Gasteiger partial charge in [-0.15, -0.1) is 0 Å². The first-order chi connectivity index (χ1) is 21.8. The molecule has 0 bridgehead atoms. The van der Waals surface area contributed by atoms with Crippen LogP contribution in [-0.4, -0.2) is 24.9 Å². The molecule has 8 rings (SSSR count). The topological polar surface area (TPSA) is 64.5 Å². The van der Waals surface area contributed by atoms with Crippen LogP contribution < -0.4 is 0 Å². The van der Waals surface area contributed by atoms with Gasteiger partial charge in [0, 0.05) is 46.4 Å². The molecule has 0 saturated carbocycles. The van der Waals surface area contributed by atoms with Gasteiger partial charge in [-0.3, -0.25) is 9.97 Å². The largest absolute Gasteiger partial charge is 0.265 e. The molecule has 0 unspecified atom stereocenters. The zero-order valence-corrected chi connectivity index (χ0v) is 23.7. The Morgan fingerprint density at radius 2 is 0.864 bits per heavy atom. The van der Waals surface area contributed by atoms with E-state index in [4.69, 9.17) is 19.9 Å². The summed E-state index contributed by atoms with van der Waals surface area (Å²) in [7, 11) is 0. The number of benzene rings is 5. The Kier molecular flexibility index (Phi) is 6.39. The maximum absolute atomic E-state index is 4.91. The van der Waals surface area contributed by atoms with Gasteiger partial charge < -0.3 is 0 Å². The van der Waals surface area contributed by atoms with E-state index in [1.165, 1.54) is 10.8 Å². The summed E-state index contributed by atoms with van der Waals surface area (Å²) in [4.78, 5) is 23.4. The number of aromatic nitrogens is 5. The highest BCUT2D eigenvalue weighted by molar-refractivity contribution is 6.01. The van der Waals surface area contributed by atoms with Crippen LogP contribution in [0.2, 0.25) is 0 Å². The van der Waals surface area contributed by atoms with Crippen LogP contribution in [0.15, 0.2) is 152 Å². The Labute approximate surface area is 254 Å². The van der Waals surface area contributed by atoms with Gasteiger partial charge in [0.2, 0.25) is 0 Å². The fourth-order valence-electron chi connectivity index (χ4n) is 5.51. The van der Waals surface area contributed by atoms with Gasteiger partial charge in [0.25, 0.3) is 0 Å². The predicted octanol–water partition coefficient (Wildman–Crippen LogP) is 9.30. The fraction of sp³-hybridized carbons (Fsp3) is 0. The van der Waals surface area contributed by atoms with Crippen molar-refractivity contribution in [1.82, 2.24) is 24.9 Å². The first kappa shape index (κ1) is 25.6. The molecule has 5 nitrogen and oxygen atoms in total. The van der Waals surface area contributed by atoms with Gasteiger partial charge in [0.15, 0.2) is 17.5 Å². The summed E-state index contributed by atoms with van der Waals surface area (Å²) in [5.74, 6) is 1.96. The molecule has 0 radical (unpaired) electrons. The predicted molar refractivity (Wildman–Crippen MR) is 178 cm³/mol. The van der Waals surface area contributed by atoms with E-state index in [-0.39, 0.29) is 0 Å². The first-order valence-corrected chi connectivity index (χ1v) is 14.5. The Morgan fingerprint density at radius 1 is 0.341 bits per heavy atom. The maximum Gasteiger partial charge on any atom is 0.164 e. The summed E-state index contributed by atoms with van der Waals surface area (Å²) in [5, 5.41) is 4.64. The van der Waals surface area contributed by atoms with Gasteiger partial charge in [-0.2, -0.15) is 0 Å². The van der Waals surface area contributed by atoms with Crippen molar-refractivity contribution in [2.24, 2.45) is 0 Å². The van der Waals surface area contributed by atoms with Crippen molar-refractivity contribution in [3.05, 3.63) is 152 Å². The summed E-state index contributed by atoms with van der Waals surface area (Å²) < 4.78 is 0. The van der Waals surface area contributed by atoms with Crippen LogP contribution >= 0.6 is 0 Å². The van der Waals surface area contributed by atoms with Crippen LogP contribution in [0.1, 0.15) is 0 Å². The second-order valence-corrected chi connectivity index (χ2v) is 10.7. The molecule has 5 aromatic carbocycles. The molecule has 0 amide bonds. The molecule has 3 aromatic heterocycles. The van der Waals surface area contributed by atoms with Crippen molar-refractivity contribution in [1.29, 1.82) is 0 Å². The Balaban J connectivity index is 1.17. The summed E-state index contributed by atoms with van der Waals surface area (Å²) in [6.07, 6.45) is 5.51. The Bertz CT molecular complexity index is 2190. The van der Waals surface area contributed by atoms with Crippen LogP contribution in [-0.2, 0) is 0 Å². The van der Waals surface area contributed by atoms with Gasteiger partial charge in [0.05, 0.1) is 5.69 Å². The molecule has 0 aliphatic heterocycles. The van der Waals surface area contributed by atoms with Crippen LogP contribution in [0.25, 0.3) is 78.1 Å². The summed E-state index contributed by atoms with van der Waals surface area (Å²) in [6.45, 7) is 0. The third-order valence-corrected chi connectivity index (χ3v) is 7.83. The van der Waals surface area contributed by atoms with Crippen molar-refractivity contribution in [2.45, 2.75) is 0 Å². The average Bonchev–Trinajstić information content (AvgIpc) is 3.11. The fourth-order valence-corrected chi connectivity index (χ4v) is 5.51. The Morgan fingerprint density at radius 3 is 1.43 bits per heavy atom. The number of nitrogens with zero attached hydrogens (tertiary/aromatic N) is 5. The molecule has 0 aliphatic carbocycles. The van der Waals surface area contributed by atoms with E-state index in [2.05, 4.69) is 65.6 Å². The van der Waals surface area contributed by atoms with Crippen LogP contribution in [0.4, 0.5) is 0 Å². The molecule has 5 heteroatoms. The van der Waals surface area contributed by atoms with E-state index < -0.39 is 0 Å². The van der Waals surface area contributed by atoms with E-state index in [0.29, 0.717) is 17.5 Å². The molecule has 44 heavy (non-hydrogen) atoms. The lowest BCUT2D eigenvalue weighted by Crippen LogP contribution is -2.00. The molecule has 3 heterocycles.